The van der Waals surface area contributed by atoms with Gasteiger partial charge >= 0.3 is 0 Å². The van der Waals surface area contributed by atoms with Gasteiger partial charge in [-0.1, -0.05) is 72.0 Å². The van der Waals surface area contributed by atoms with Crippen molar-refractivity contribution in [2.24, 2.45) is 11.8 Å². The van der Waals surface area contributed by atoms with E-state index in [-0.39, 0.29) is 0 Å². The largest absolute Gasteiger partial charge is 0.0885 e. The quantitative estimate of drug-likeness (QED) is 0.316. The number of unbranched alkanes of at least 4 members (excludes halogenated alkanes) is 2. The first-order chi connectivity index (χ1) is 7.70. The van der Waals surface area contributed by atoms with E-state index in [1.807, 2.05) is 0 Å². The van der Waals surface area contributed by atoms with Crippen LogP contribution < -0.4 is 0 Å². The lowest BCUT2D eigenvalue weighted by Crippen LogP contribution is -1.96. The van der Waals surface area contributed by atoms with Gasteiger partial charge in [0.2, 0.25) is 0 Å². The van der Waals surface area contributed by atoms with E-state index in [2.05, 4.69) is 39.8 Å². The van der Waals surface area contributed by atoms with Crippen molar-refractivity contribution in [1.29, 1.82) is 0 Å². The van der Waals surface area contributed by atoms with Gasteiger partial charge in [-0.05, 0) is 31.1 Å². The van der Waals surface area contributed by atoms with Crippen LogP contribution in [-0.2, 0) is 0 Å². The predicted molar refractivity (Wildman–Crippen MR) is 75.8 cm³/mol. The average molecular weight is 224 g/mol. The molecular formula is C16H32. The second kappa shape index (κ2) is 11.2. The van der Waals surface area contributed by atoms with Crippen molar-refractivity contribution in [3.63, 3.8) is 0 Å². The number of hydrogen-bond acceptors (Lipinski definition) is 0. The van der Waals surface area contributed by atoms with E-state index in [0.717, 1.165) is 11.8 Å². The lowest BCUT2D eigenvalue weighted by Gasteiger charge is -2.11. The zero-order valence-corrected chi connectivity index (χ0v) is 12.0. The van der Waals surface area contributed by atoms with Crippen LogP contribution >= 0.6 is 0 Å². The summed E-state index contributed by atoms with van der Waals surface area (Å²) in [6.07, 6.45) is 15.6. The summed E-state index contributed by atoms with van der Waals surface area (Å²) in [7, 11) is 0. The minimum atomic E-state index is 0.862. The molecule has 16 heavy (non-hydrogen) atoms. The molecule has 0 amide bonds. The van der Waals surface area contributed by atoms with E-state index >= 15 is 0 Å². The molecule has 0 saturated heterocycles. The van der Waals surface area contributed by atoms with E-state index in [0.29, 0.717) is 0 Å². The molecule has 0 N–H and O–H groups in total. The van der Waals surface area contributed by atoms with Crippen LogP contribution in [-0.4, -0.2) is 0 Å². The highest BCUT2D eigenvalue weighted by atomic mass is 14.1. The normalized spacial score (nSPS) is 13.8. The van der Waals surface area contributed by atoms with Crippen LogP contribution in [0, 0.1) is 11.8 Å². The molecule has 0 aromatic carbocycles. The molecule has 0 radical (unpaired) electrons. The first-order valence-corrected chi connectivity index (χ1v) is 7.35. The van der Waals surface area contributed by atoms with Gasteiger partial charge in [0.05, 0.1) is 0 Å². The van der Waals surface area contributed by atoms with E-state index in [4.69, 9.17) is 0 Å². The Morgan fingerprint density at radius 1 is 0.938 bits per heavy atom. The number of allylic oxidation sites excluding steroid dienone is 2. The van der Waals surface area contributed by atoms with Crippen molar-refractivity contribution in [2.75, 3.05) is 0 Å². The van der Waals surface area contributed by atoms with Crippen LogP contribution in [0.15, 0.2) is 12.2 Å². The van der Waals surface area contributed by atoms with Crippen LogP contribution in [0.3, 0.4) is 0 Å². The topological polar surface area (TPSA) is 0 Å². The Bertz CT molecular complexity index is 155. The second-order valence-electron chi connectivity index (χ2n) is 5.45. The molecule has 0 aliphatic carbocycles. The fourth-order valence-electron chi connectivity index (χ4n) is 2.03. The molecule has 0 aromatic rings. The van der Waals surface area contributed by atoms with Crippen molar-refractivity contribution in [2.45, 2.75) is 79.1 Å². The Labute approximate surface area is 104 Å². The third-order valence-corrected chi connectivity index (χ3v) is 3.33. The summed E-state index contributed by atoms with van der Waals surface area (Å²) < 4.78 is 0. The SMILES string of the molecule is CCCCC(CC)CC=CCCCC(C)C. The summed E-state index contributed by atoms with van der Waals surface area (Å²) in [5, 5.41) is 0. The molecule has 0 fully saturated rings. The summed E-state index contributed by atoms with van der Waals surface area (Å²) in [4.78, 5) is 0. The maximum absolute atomic E-state index is 2.42. The molecule has 0 nitrogen and oxygen atoms in total. The smallest absolute Gasteiger partial charge is 0.0322 e. The Kier molecular flexibility index (Phi) is 11.0. The monoisotopic (exact) mass is 224 g/mol. The highest BCUT2D eigenvalue weighted by Crippen LogP contribution is 2.17. The van der Waals surface area contributed by atoms with Crippen LogP contribution in [0.5, 0.6) is 0 Å². The van der Waals surface area contributed by atoms with Gasteiger partial charge in [0.25, 0.3) is 0 Å². The molecule has 0 aliphatic heterocycles. The van der Waals surface area contributed by atoms with Crippen LogP contribution in [0.4, 0.5) is 0 Å². The zero-order chi connectivity index (χ0) is 12.2. The number of hydrogen-bond donors (Lipinski definition) is 0. The summed E-state index contributed by atoms with van der Waals surface area (Å²) >= 11 is 0. The van der Waals surface area contributed by atoms with Gasteiger partial charge in [-0.25, -0.2) is 0 Å². The number of rotatable bonds is 10. The molecule has 0 saturated carbocycles. The van der Waals surface area contributed by atoms with Gasteiger partial charge in [-0.2, -0.15) is 0 Å². The summed E-state index contributed by atoms with van der Waals surface area (Å²) in [6.45, 7) is 9.23. The predicted octanol–water partition coefficient (Wildman–Crippen LogP) is 5.98. The van der Waals surface area contributed by atoms with E-state index in [1.54, 1.807) is 0 Å². The van der Waals surface area contributed by atoms with E-state index in [1.165, 1.54) is 51.4 Å². The molecule has 0 spiro atoms. The van der Waals surface area contributed by atoms with Crippen molar-refractivity contribution < 1.29 is 0 Å². The van der Waals surface area contributed by atoms with E-state index < -0.39 is 0 Å². The minimum absolute atomic E-state index is 0.862. The van der Waals surface area contributed by atoms with Gasteiger partial charge in [0.15, 0.2) is 0 Å². The molecule has 0 bridgehead atoms. The lowest BCUT2D eigenvalue weighted by atomic mass is 9.95. The van der Waals surface area contributed by atoms with Gasteiger partial charge in [0.1, 0.15) is 0 Å². The molecule has 0 rings (SSSR count). The molecule has 96 valence electrons. The fraction of sp³-hybridized carbons (Fsp3) is 0.875. The highest BCUT2D eigenvalue weighted by molar-refractivity contribution is 4.83. The molecule has 1 atom stereocenters. The first kappa shape index (κ1) is 15.7. The third kappa shape index (κ3) is 10.3. The summed E-state index contributed by atoms with van der Waals surface area (Å²) in [5.74, 6) is 1.79. The Hall–Kier alpha value is -0.260. The van der Waals surface area contributed by atoms with Crippen molar-refractivity contribution in [3.8, 4) is 0 Å². The maximum Gasteiger partial charge on any atom is -0.0322 e. The maximum atomic E-state index is 2.42. The molecular weight excluding hydrogens is 192 g/mol. The minimum Gasteiger partial charge on any atom is -0.0885 e. The zero-order valence-electron chi connectivity index (χ0n) is 12.0. The summed E-state index contributed by atoms with van der Waals surface area (Å²) in [6, 6.07) is 0. The Morgan fingerprint density at radius 2 is 1.69 bits per heavy atom. The van der Waals surface area contributed by atoms with Gasteiger partial charge in [-0.15, -0.1) is 0 Å². The first-order valence-electron chi connectivity index (χ1n) is 7.35. The Morgan fingerprint density at radius 3 is 2.25 bits per heavy atom. The highest BCUT2D eigenvalue weighted by Gasteiger charge is 2.02. The molecule has 0 aromatic heterocycles. The molecule has 0 heteroatoms. The molecule has 0 aliphatic rings. The van der Waals surface area contributed by atoms with Crippen molar-refractivity contribution in [1.82, 2.24) is 0 Å². The average Bonchev–Trinajstić information content (AvgIpc) is 2.26. The second-order valence-corrected chi connectivity index (χ2v) is 5.45. The van der Waals surface area contributed by atoms with Crippen LogP contribution in [0.1, 0.15) is 79.1 Å². The molecule has 0 heterocycles. The lowest BCUT2D eigenvalue weighted by molar-refractivity contribution is 0.456. The van der Waals surface area contributed by atoms with E-state index in [9.17, 15) is 0 Å². The summed E-state index contributed by atoms with van der Waals surface area (Å²) in [5.41, 5.74) is 0. The molecule has 1 unspecified atom stereocenters. The van der Waals surface area contributed by atoms with Crippen molar-refractivity contribution in [3.05, 3.63) is 12.2 Å². The third-order valence-electron chi connectivity index (χ3n) is 3.33. The van der Waals surface area contributed by atoms with Gasteiger partial charge in [-0.3, -0.25) is 0 Å². The Balaban J connectivity index is 3.47. The standard InChI is InChI=1S/C16H32/c1-5-7-13-16(6-2)14-11-9-8-10-12-15(3)4/h9,11,15-16H,5-8,10,12-14H2,1-4H3. The van der Waals surface area contributed by atoms with Crippen LogP contribution in [0.25, 0.3) is 0 Å². The van der Waals surface area contributed by atoms with Crippen molar-refractivity contribution >= 4 is 0 Å². The van der Waals surface area contributed by atoms with Crippen LogP contribution in [0.2, 0.25) is 0 Å². The fourth-order valence-corrected chi connectivity index (χ4v) is 2.03. The van der Waals surface area contributed by atoms with Gasteiger partial charge < -0.3 is 0 Å². The van der Waals surface area contributed by atoms with Gasteiger partial charge in [0, 0.05) is 0 Å².